The summed E-state index contributed by atoms with van der Waals surface area (Å²) >= 11 is 12.3. The fourth-order valence-corrected chi connectivity index (χ4v) is 13.0. The Hall–Kier alpha value is -5.88. The van der Waals surface area contributed by atoms with E-state index in [1.165, 1.54) is 37.8 Å². The third kappa shape index (κ3) is 16.0. The lowest BCUT2D eigenvalue weighted by Crippen LogP contribution is -2.56. The van der Waals surface area contributed by atoms with Gasteiger partial charge in [-0.25, -0.2) is 4.63 Å². The van der Waals surface area contributed by atoms with E-state index >= 15 is 0 Å². The number of aromatic nitrogens is 4. The first kappa shape index (κ1) is 61.2. The second-order valence-corrected chi connectivity index (χ2v) is 25.4. The molecule has 81 heavy (non-hydrogen) atoms. The number of ether oxygens (including phenoxy) is 2. The fourth-order valence-electron chi connectivity index (χ4n) is 9.40. The topological polar surface area (TPSA) is 269 Å². The molecule has 23 nitrogen and oxygen atoms in total. The zero-order valence-corrected chi connectivity index (χ0v) is 48.7. The first-order valence-corrected chi connectivity index (χ1v) is 31.4. The molecule has 3 N–H and O–H groups in total. The number of halogens is 2. The number of rotatable bonds is 15. The number of anilines is 2. The van der Waals surface area contributed by atoms with E-state index in [-0.39, 0.29) is 77.1 Å². The van der Waals surface area contributed by atoms with Gasteiger partial charge in [-0.05, 0) is 85.1 Å². The minimum absolute atomic E-state index is 0.0336. The van der Waals surface area contributed by atoms with Crippen molar-refractivity contribution in [2.24, 2.45) is 0 Å². The van der Waals surface area contributed by atoms with Crippen LogP contribution in [-0.2, 0) is 60.4 Å². The molecule has 0 spiro atoms. The van der Waals surface area contributed by atoms with E-state index in [1.54, 1.807) is 54.7 Å². The van der Waals surface area contributed by atoms with Gasteiger partial charge in [-0.2, -0.15) is 57.6 Å². The van der Waals surface area contributed by atoms with Gasteiger partial charge in [-0.15, -0.1) is 0 Å². The Morgan fingerprint density at radius 3 is 1.81 bits per heavy atom. The van der Waals surface area contributed by atoms with Crippen LogP contribution < -0.4 is 35.0 Å². The highest BCUT2D eigenvalue weighted by molar-refractivity contribution is 7.88. The lowest BCUT2D eigenvalue weighted by atomic mass is 9.88. The van der Waals surface area contributed by atoms with Crippen molar-refractivity contribution in [2.45, 2.75) is 39.3 Å². The second kappa shape index (κ2) is 27.0. The molecule has 0 radical (unpaired) electrons. The van der Waals surface area contributed by atoms with Crippen molar-refractivity contribution in [1.82, 2.24) is 37.0 Å². The summed E-state index contributed by atoms with van der Waals surface area (Å²) < 4.78 is 99.8. The van der Waals surface area contributed by atoms with Crippen LogP contribution >= 0.6 is 23.2 Å². The molecule has 2 aromatic heterocycles. The smallest absolute Gasteiger partial charge is 0.391 e. The molecule has 0 atom stereocenters. The minimum atomic E-state index is -3.90. The molecule has 0 amide bonds. The van der Waals surface area contributed by atoms with E-state index in [0.717, 1.165) is 32.7 Å². The molecule has 0 saturated carbocycles. The number of benzene rings is 4. The van der Waals surface area contributed by atoms with Gasteiger partial charge in [0.2, 0.25) is 11.5 Å². The first-order chi connectivity index (χ1) is 38.6. The van der Waals surface area contributed by atoms with Crippen molar-refractivity contribution in [3.05, 3.63) is 162 Å². The molecule has 0 unspecified atom stereocenters. The second-order valence-electron chi connectivity index (χ2n) is 19.3. The average molecular weight is 1210 g/mol. The Bertz CT molecular complexity index is 3650. The number of nitrogens with one attached hydrogen (secondary N) is 1. The maximum Gasteiger partial charge on any atom is 0.391 e. The molecule has 30 heteroatoms. The van der Waals surface area contributed by atoms with E-state index in [4.69, 9.17) is 36.9 Å². The molecule has 4 aliphatic rings. The van der Waals surface area contributed by atoms with Crippen LogP contribution in [0.5, 0.6) is 11.5 Å². The summed E-state index contributed by atoms with van der Waals surface area (Å²) in [5.74, 6) is 0.219. The van der Waals surface area contributed by atoms with Crippen molar-refractivity contribution < 1.29 is 49.0 Å². The van der Waals surface area contributed by atoms with E-state index in [9.17, 15) is 44.9 Å². The Labute approximate surface area is 481 Å². The summed E-state index contributed by atoms with van der Waals surface area (Å²) in [5, 5.41) is 29.5. The third-order valence-corrected chi connectivity index (χ3v) is 18.2. The SMILES string of the molecule is CB(O)N1CCc2cccc(c2)CCOc2c(cnn(-c3cccc(Cl)c3)c2=O)N2CCN(CC2)S1(=O)=O.CB(O)NS(=O)(=O)N1CCN(c2cnn(-c3cccc(Cl)c3)c(=O)c2OCCc2cccc(CCOS(C)(=O)=O)c2)CC1. The minimum Gasteiger partial charge on any atom is -0.486 e. The number of nitrogens with zero attached hydrogens (tertiary/aromatic N) is 9. The van der Waals surface area contributed by atoms with Gasteiger partial charge < -0.3 is 29.3 Å². The summed E-state index contributed by atoms with van der Waals surface area (Å²) in [4.78, 5) is 31.0. The van der Waals surface area contributed by atoms with E-state index in [0.29, 0.717) is 71.6 Å². The van der Waals surface area contributed by atoms with Crippen molar-refractivity contribution >= 4 is 79.2 Å². The summed E-state index contributed by atoms with van der Waals surface area (Å²) in [7, 11) is -13.7. The molecule has 2 saturated heterocycles. The predicted molar refractivity (Wildman–Crippen MR) is 312 cm³/mol. The van der Waals surface area contributed by atoms with Gasteiger partial charge in [0.05, 0.1) is 49.8 Å². The van der Waals surface area contributed by atoms with Gasteiger partial charge in [0.1, 0.15) is 11.4 Å². The highest BCUT2D eigenvalue weighted by Gasteiger charge is 2.37. The molecule has 6 heterocycles. The van der Waals surface area contributed by atoms with Gasteiger partial charge in [0, 0.05) is 81.8 Å². The zero-order chi connectivity index (χ0) is 58.1. The number of piperazine rings is 2. The van der Waals surface area contributed by atoms with Gasteiger partial charge in [-0.1, -0.05) is 83.9 Å². The largest absolute Gasteiger partial charge is 0.486 e. The molecule has 4 aliphatic heterocycles. The Balaban J connectivity index is 0.000000214. The maximum absolute atomic E-state index is 13.7. The molecule has 4 aromatic carbocycles. The molecular formula is C51H62B2Cl2N10O13S3. The lowest BCUT2D eigenvalue weighted by Gasteiger charge is -2.38. The predicted octanol–water partition coefficient (Wildman–Crippen LogP) is 2.94. The molecule has 2 fully saturated rings. The van der Waals surface area contributed by atoms with Gasteiger partial charge in [0.25, 0.3) is 30.5 Å². The number of hydrogen-bond donors (Lipinski definition) is 3. The van der Waals surface area contributed by atoms with Crippen molar-refractivity contribution in [3.8, 4) is 22.9 Å². The van der Waals surface area contributed by atoms with E-state index in [2.05, 4.69) is 14.8 Å². The Kier molecular flexibility index (Phi) is 20.4. The number of fused-ring (bicyclic) bond motifs is 7. The number of hydrogen-bond acceptors (Lipinski definition) is 17. The summed E-state index contributed by atoms with van der Waals surface area (Å²) in [6, 6.07) is 28.9. The lowest BCUT2D eigenvalue weighted by molar-refractivity contribution is 0.311. The van der Waals surface area contributed by atoms with Crippen molar-refractivity contribution in [2.75, 3.05) is 94.8 Å². The third-order valence-electron chi connectivity index (χ3n) is 13.4. The van der Waals surface area contributed by atoms with Gasteiger partial charge in [0.15, 0.2) is 0 Å². The van der Waals surface area contributed by atoms with Crippen LogP contribution in [0.3, 0.4) is 0 Å². The van der Waals surface area contributed by atoms with Crippen molar-refractivity contribution in [3.63, 3.8) is 0 Å². The fraction of sp³-hybridized carbons (Fsp3) is 0.373. The van der Waals surface area contributed by atoms with Crippen LogP contribution in [-0.4, -0.2) is 167 Å². The summed E-state index contributed by atoms with van der Waals surface area (Å²) in [6.45, 7) is 5.23. The van der Waals surface area contributed by atoms with Crippen LogP contribution in [0, 0.1) is 0 Å². The Morgan fingerprint density at radius 2 is 1.22 bits per heavy atom. The Morgan fingerprint density at radius 1 is 0.679 bits per heavy atom. The highest BCUT2D eigenvalue weighted by Crippen LogP contribution is 2.29. The molecule has 432 valence electrons. The normalized spacial score (nSPS) is 16.4. The van der Waals surface area contributed by atoms with Gasteiger partial charge >= 0.3 is 25.2 Å². The van der Waals surface area contributed by atoms with E-state index < -0.39 is 55.8 Å². The van der Waals surface area contributed by atoms with Crippen LogP contribution in [0.4, 0.5) is 11.4 Å². The van der Waals surface area contributed by atoms with Crippen molar-refractivity contribution in [1.29, 1.82) is 0 Å². The molecule has 4 bridgehead atoms. The first-order valence-electron chi connectivity index (χ1n) is 26.0. The van der Waals surface area contributed by atoms with Crippen LogP contribution in [0.1, 0.15) is 22.3 Å². The molecule has 10 rings (SSSR count). The molecule has 0 aliphatic carbocycles. The van der Waals surface area contributed by atoms with Crippen LogP contribution in [0.2, 0.25) is 23.7 Å². The van der Waals surface area contributed by atoms with Crippen LogP contribution in [0.15, 0.2) is 119 Å². The molecular weight excluding hydrogens is 1150 g/mol. The maximum atomic E-state index is 13.7. The molecule has 6 aromatic rings. The summed E-state index contributed by atoms with van der Waals surface area (Å²) in [6.07, 6.45) is 5.97. The quantitative estimate of drug-likeness (QED) is 0.0985. The van der Waals surface area contributed by atoms with Gasteiger partial charge in [-0.3, -0.25) is 13.8 Å². The standard InChI is InChI=1S/C26H33BClN5O8S2.C25H29BClN5O5S/c1-27(35)30-43(38,39)32-13-11-31(12-14-32)24-19-29-33(23-8-4-7-22(28)18-23)26(34)25(24)40-15-9-20-5-3-6-21(17-20)10-16-41-42(2,36)37;1-26(34)31-10-8-19-4-2-5-20(16-19)9-15-37-24-23(29-11-13-30(14-12-29)38(31,35)36)18-28-32(25(24)33)22-7-3-6-21(27)17-22/h3-8,17-19,30,35H,9-16H2,1-2H3;2-7,16-18,34H,8-15H2,1H3. The summed E-state index contributed by atoms with van der Waals surface area (Å²) in [5.41, 5.74) is 4.76. The zero-order valence-electron chi connectivity index (χ0n) is 44.8. The monoisotopic (exact) mass is 1210 g/mol. The van der Waals surface area contributed by atoms with Crippen LogP contribution in [0.25, 0.3) is 11.4 Å². The average Bonchev–Trinajstić information content (AvgIpc) is 3.47. The van der Waals surface area contributed by atoms with E-state index in [1.807, 2.05) is 58.3 Å². The highest BCUT2D eigenvalue weighted by atomic mass is 35.5.